The number of hydrogen-bond acceptors (Lipinski definition) is 4. The Hall–Kier alpha value is -2.35. The lowest BCUT2D eigenvalue weighted by molar-refractivity contribution is -0.122. The molecule has 0 aliphatic heterocycles. The average Bonchev–Trinajstić information content (AvgIpc) is 3.16. The number of aromatic nitrogens is 1. The maximum absolute atomic E-state index is 13.3. The number of fused-ring (bicyclic) bond motifs is 1. The average molecular weight is 490 g/mol. The predicted molar refractivity (Wildman–Crippen MR) is 133 cm³/mol. The van der Waals surface area contributed by atoms with Gasteiger partial charge in [0.1, 0.15) is 6.54 Å². The van der Waals surface area contributed by atoms with Crippen LogP contribution < -0.4 is 5.32 Å². The molecule has 0 saturated carbocycles. The van der Waals surface area contributed by atoms with Gasteiger partial charge in [0.25, 0.3) is 0 Å². The van der Waals surface area contributed by atoms with Crippen LogP contribution in [0.1, 0.15) is 33.6 Å². The van der Waals surface area contributed by atoms with Crippen molar-refractivity contribution in [2.75, 3.05) is 19.6 Å². The van der Waals surface area contributed by atoms with Crippen LogP contribution in [0.15, 0.2) is 64.5 Å². The van der Waals surface area contributed by atoms with Gasteiger partial charge in [0, 0.05) is 28.2 Å². The predicted octanol–water partition coefficient (Wildman–Crippen LogP) is 4.75. The number of rotatable bonds is 11. The minimum absolute atomic E-state index is 0.0483. The van der Waals surface area contributed by atoms with E-state index in [9.17, 15) is 13.2 Å². The second kappa shape index (κ2) is 11.2. The van der Waals surface area contributed by atoms with Crippen LogP contribution in [-0.2, 0) is 21.2 Å². The van der Waals surface area contributed by atoms with Crippen molar-refractivity contribution >= 4 is 38.2 Å². The molecule has 0 aliphatic carbocycles. The fourth-order valence-corrected chi connectivity index (χ4v) is 5.61. The number of carbonyl (C=O) groups excluding carboxylic acids is 1. The molecule has 0 fully saturated rings. The largest absolute Gasteiger partial charge is 0.352 e. The van der Waals surface area contributed by atoms with Gasteiger partial charge in [0.05, 0.1) is 9.79 Å². The summed E-state index contributed by atoms with van der Waals surface area (Å²) in [5.41, 5.74) is 0.703. The fraction of sp³-hybridized carbons (Fsp3) is 0.400. The summed E-state index contributed by atoms with van der Waals surface area (Å²) in [5, 5.41) is 4.11. The Kier molecular flexibility index (Phi) is 8.57. The van der Waals surface area contributed by atoms with Gasteiger partial charge in [-0.1, -0.05) is 43.6 Å². The third-order valence-electron chi connectivity index (χ3n) is 5.89. The first-order valence-corrected chi connectivity index (χ1v) is 13.2. The number of para-hydroxylation sites is 1. The monoisotopic (exact) mass is 489 g/mol. The molecule has 2 aromatic carbocycles. The van der Waals surface area contributed by atoms with Gasteiger partial charge in [-0.25, -0.2) is 8.42 Å². The zero-order chi connectivity index (χ0) is 24.0. The Balaban J connectivity index is 1.75. The number of amides is 1. The molecule has 1 heterocycles. The highest BCUT2D eigenvalue weighted by atomic mass is 35.5. The number of nitrogens with one attached hydrogen (secondary N) is 1. The van der Waals surface area contributed by atoms with Crippen molar-refractivity contribution in [3.63, 3.8) is 0 Å². The van der Waals surface area contributed by atoms with E-state index in [-0.39, 0.29) is 28.3 Å². The van der Waals surface area contributed by atoms with Crippen LogP contribution in [0, 0.1) is 0 Å². The maximum Gasteiger partial charge on any atom is 0.240 e. The second-order valence-electron chi connectivity index (χ2n) is 8.23. The first-order chi connectivity index (χ1) is 15.8. The molecule has 0 bridgehead atoms. The first kappa shape index (κ1) is 25.3. The highest BCUT2D eigenvalue weighted by Gasteiger charge is 2.24. The maximum atomic E-state index is 13.3. The van der Waals surface area contributed by atoms with E-state index in [1.54, 1.807) is 35.0 Å². The topological polar surface area (TPSA) is 71.4 Å². The summed E-state index contributed by atoms with van der Waals surface area (Å²) in [7, 11) is -3.76. The number of sulfone groups is 1. The molecule has 1 atom stereocenters. The molecule has 1 amide bonds. The van der Waals surface area contributed by atoms with E-state index in [0.717, 1.165) is 32.5 Å². The molecule has 6 nitrogen and oxygen atoms in total. The van der Waals surface area contributed by atoms with E-state index in [2.05, 4.69) is 24.1 Å². The molecule has 33 heavy (non-hydrogen) atoms. The number of halogens is 1. The van der Waals surface area contributed by atoms with Crippen molar-refractivity contribution in [2.45, 2.75) is 56.0 Å². The molecule has 178 valence electrons. The van der Waals surface area contributed by atoms with Crippen LogP contribution >= 0.6 is 11.6 Å². The molecule has 1 N–H and O–H groups in total. The van der Waals surface area contributed by atoms with Crippen LogP contribution in [0.4, 0.5) is 0 Å². The number of benzene rings is 2. The zero-order valence-electron chi connectivity index (χ0n) is 19.4. The Morgan fingerprint density at radius 1 is 1.09 bits per heavy atom. The highest BCUT2D eigenvalue weighted by molar-refractivity contribution is 7.91. The van der Waals surface area contributed by atoms with Crippen LogP contribution in [0.5, 0.6) is 0 Å². The quantitative estimate of drug-likeness (QED) is 0.421. The second-order valence-corrected chi connectivity index (χ2v) is 10.6. The molecule has 1 aromatic heterocycles. The molecule has 1 unspecified atom stereocenters. The minimum Gasteiger partial charge on any atom is -0.352 e. The number of hydrogen-bond donors (Lipinski definition) is 1. The molecular weight excluding hydrogens is 458 g/mol. The van der Waals surface area contributed by atoms with Crippen molar-refractivity contribution in [2.24, 2.45) is 0 Å². The summed E-state index contributed by atoms with van der Waals surface area (Å²) in [6, 6.07) is 13.4. The molecule has 0 saturated heterocycles. The van der Waals surface area contributed by atoms with Crippen molar-refractivity contribution in [3.8, 4) is 0 Å². The summed E-state index contributed by atoms with van der Waals surface area (Å²) in [6.45, 7) is 9.43. The van der Waals surface area contributed by atoms with Crippen molar-refractivity contribution in [3.05, 3.63) is 59.8 Å². The molecule has 0 radical (unpaired) electrons. The Bertz CT molecular complexity index is 1190. The lowest BCUT2D eigenvalue weighted by atomic mass is 10.1. The van der Waals surface area contributed by atoms with Crippen LogP contribution in [-0.4, -0.2) is 49.5 Å². The molecular formula is C25H32ClN3O3S. The van der Waals surface area contributed by atoms with Gasteiger partial charge < -0.3 is 14.8 Å². The van der Waals surface area contributed by atoms with Gasteiger partial charge in [-0.2, -0.15) is 0 Å². The summed E-state index contributed by atoms with van der Waals surface area (Å²) in [6.07, 6.45) is 3.46. The molecule has 0 aliphatic rings. The van der Waals surface area contributed by atoms with Crippen LogP contribution in [0.3, 0.4) is 0 Å². The summed E-state index contributed by atoms with van der Waals surface area (Å²) >= 11 is 5.92. The fourth-order valence-electron chi connectivity index (χ4n) is 4.01. The van der Waals surface area contributed by atoms with Crippen molar-refractivity contribution in [1.29, 1.82) is 0 Å². The number of carbonyl (C=O) groups is 1. The standard InChI is InChI=1S/C25H32ClN3O3S/c1-4-28(5-2)16-8-9-19(3)27-25(30)18-29-17-24(22-10-6-7-11-23(22)29)33(31,32)21-14-12-20(26)13-15-21/h6-7,10-15,17,19H,4-5,8-9,16,18H2,1-3H3,(H,27,30). The van der Waals surface area contributed by atoms with E-state index in [1.807, 2.05) is 19.1 Å². The summed E-state index contributed by atoms with van der Waals surface area (Å²) in [4.78, 5) is 15.4. The highest BCUT2D eigenvalue weighted by Crippen LogP contribution is 2.30. The van der Waals surface area contributed by atoms with E-state index in [0.29, 0.717) is 15.9 Å². The summed E-state index contributed by atoms with van der Waals surface area (Å²) in [5.74, 6) is -0.137. The van der Waals surface area contributed by atoms with Gasteiger partial charge in [-0.15, -0.1) is 0 Å². The zero-order valence-corrected chi connectivity index (χ0v) is 21.0. The SMILES string of the molecule is CCN(CC)CCCC(C)NC(=O)Cn1cc(S(=O)(=O)c2ccc(Cl)cc2)c2ccccc21. The molecule has 3 rings (SSSR count). The van der Waals surface area contributed by atoms with E-state index in [1.165, 1.54) is 12.1 Å². The van der Waals surface area contributed by atoms with Crippen LogP contribution in [0.2, 0.25) is 5.02 Å². The third-order valence-corrected chi connectivity index (χ3v) is 7.94. The van der Waals surface area contributed by atoms with E-state index >= 15 is 0 Å². The lowest BCUT2D eigenvalue weighted by Crippen LogP contribution is -2.35. The smallest absolute Gasteiger partial charge is 0.240 e. The Labute approximate surface area is 201 Å². The van der Waals surface area contributed by atoms with Crippen molar-refractivity contribution in [1.82, 2.24) is 14.8 Å². The Morgan fingerprint density at radius 2 is 1.76 bits per heavy atom. The molecule has 3 aromatic rings. The lowest BCUT2D eigenvalue weighted by Gasteiger charge is -2.20. The summed E-state index contributed by atoms with van der Waals surface area (Å²) < 4.78 is 28.3. The third kappa shape index (κ3) is 6.16. The first-order valence-electron chi connectivity index (χ1n) is 11.4. The van der Waals surface area contributed by atoms with Gasteiger partial charge in [0.2, 0.25) is 15.7 Å². The van der Waals surface area contributed by atoms with Gasteiger partial charge in [0.15, 0.2) is 0 Å². The normalized spacial score (nSPS) is 12.9. The van der Waals surface area contributed by atoms with Crippen LogP contribution in [0.25, 0.3) is 10.9 Å². The van der Waals surface area contributed by atoms with Gasteiger partial charge in [-0.05, 0) is 69.7 Å². The molecule has 8 heteroatoms. The Morgan fingerprint density at radius 3 is 2.42 bits per heavy atom. The van der Waals surface area contributed by atoms with E-state index < -0.39 is 9.84 Å². The molecule has 0 spiro atoms. The van der Waals surface area contributed by atoms with E-state index in [4.69, 9.17) is 11.6 Å². The van der Waals surface area contributed by atoms with Gasteiger partial charge in [-0.3, -0.25) is 4.79 Å². The van der Waals surface area contributed by atoms with Gasteiger partial charge >= 0.3 is 0 Å². The number of nitrogens with zero attached hydrogens (tertiary/aromatic N) is 2. The van der Waals surface area contributed by atoms with Crippen molar-refractivity contribution < 1.29 is 13.2 Å². The minimum atomic E-state index is -3.76.